The number of unbranched alkanes of at least 4 members (excludes halogenated alkanes) is 2. The Balaban J connectivity index is 1.91. The Hall–Kier alpha value is -2.68. The minimum absolute atomic E-state index is 0.0168. The Bertz CT molecular complexity index is 1140. The van der Waals surface area contributed by atoms with Crippen molar-refractivity contribution in [3.05, 3.63) is 65.3 Å². The topological polar surface area (TPSA) is 107 Å². The van der Waals surface area contributed by atoms with Crippen molar-refractivity contribution in [2.24, 2.45) is 5.14 Å². The zero-order chi connectivity index (χ0) is 22.4. The van der Waals surface area contributed by atoms with Gasteiger partial charge in [-0.05, 0) is 48.9 Å². The molecule has 7 nitrogen and oxygen atoms in total. The van der Waals surface area contributed by atoms with Gasteiger partial charge in [0.2, 0.25) is 15.9 Å². The van der Waals surface area contributed by atoms with Crippen LogP contribution in [0.2, 0.25) is 5.02 Å². The first-order chi connectivity index (χ1) is 14.8. The summed E-state index contributed by atoms with van der Waals surface area (Å²) in [5, 5.41) is 13.3. The summed E-state index contributed by atoms with van der Waals surface area (Å²) in [5.74, 6) is -0.0898. The monoisotopic (exact) mass is 460 g/mol. The van der Waals surface area contributed by atoms with E-state index in [2.05, 4.69) is 17.3 Å². The Labute approximate surface area is 187 Å². The normalized spacial score (nSPS) is 11.5. The molecule has 1 amide bonds. The molecular formula is C22H25ClN4O3S. The van der Waals surface area contributed by atoms with Gasteiger partial charge >= 0.3 is 0 Å². The van der Waals surface area contributed by atoms with Crippen LogP contribution in [0.1, 0.15) is 31.9 Å². The first-order valence-corrected chi connectivity index (χ1v) is 11.9. The van der Waals surface area contributed by atoms with Gasteiger partial charge in [-0.1, -0.05) is 43.5 Å². The van der Waals surface area contributed by atoms with E-state index < -0.39 is 10.0 Å². The zero-order valence-corrected chi connectivity index (χ0v) is 18.8. The van der Waals surface area contributed by atoms with Crippen LogP contribution in [0, 0.1) is 0 Å². The van der Waals surface area contributed by atoms with Crippen LogP contribution in [0.5, 0.6) is 0 Å². The van der Waals surface area contributed by atoms with Crippen molar-refractivity contribution in [3.8, 4) is 16.9 Å². The molecule has 0 saturated heterocycles. The fourth-order valence-corrected chi connectivity index (χ4v) is 3.79. The van der Waals surface area contributed by atoms with Crippen molar-refractivity contribution in [1.82, 2.24) is 15.1 Å². The van der Waals surface area contributed by atoms with E-state index in [0.717, 1.165) is 30.5 Å². The molecule has 0 aliphatic rings. The largest absolute Gasteiger partial charge is 0.356 e. The maximum Gasteiger partial charge on any atom is 0.238 e. The third-order valence-electron chi connectivity index (χ3n) is 4.75. The molecule has 0 aliphatic carbocycles. The number of hydrogen-bond donors (Lipinski definition) is 2. The molecule has 3 N–H and O–H groups in total. The Kier molecular flexibility index (Phi) is 7.48. The summed E-state index contributed by atoms with van der Waals surface area (Å²) in [7, 11) is -3.79. The van der Waals surface area contributed by atoms with Crippen LogP contribution >= 0.6 is 11.6 Å². The molecule has 0 bridgehead atoms. The lowest BCUT2D eigenvalue weighted by molar-refractivity contribution is -0.120. The maximum atomic E-state index is 12.3. The van der Waals surface area contributed by atoms with Crippen LogP contribution in [0.3, 0.4) is 0 Å². The van der Waals surface area contributed by atoms with Gasteiger partial charge in [0.1, 0.15) is 0 Å². The molecule has 3 aromatic rings. The van der Waals surface area contributed by atoms with Crippen molar-refractivity contribution in [1.29, 1.82) is 0 Å². The lowest BCUT2D eigenvalue weighted by atomic mass is 10.1. The highest BCUT2D eigenvalue weighted by atomic mass is 35.5. The van der Waals surface area contributed by atoms with Crippen molar-refractivity contribution >= 4 is 27.5 Å². The smallest absolute Gasteiger partial charge is 0.238 e. The second-order valence-electron chi connectivity index (χ2n) is 7.21. The standard InChI is InChI=1S/C22H25ClN4O3S/c1-2-3-4-13-25-22(28)15-18-14-21(16-5-7-17(23)8-6-16)27(26-18)19-9-11-20(12-10-19)31(24,29)30/h5-12,14H,2-4,13,15H2,1H3,(H,25,28)(H2,24,29,30). The summed E-state index contributed by atoms with van der Waals surface area (Å²) in [4.78, 5) is 12.3. The van der Waals surface area contributed by atoms with Crippen LogP contribution in [0.4, 0.5) is 0 Å². The minimum Gasteiger partial charge on any atom is -0.356 e. The molecule has 0 atom stereocenters. The average Bonchev–Trinajstić information content (AvgIpc) is 3.15. The molecule has 0 aliphatic heterocycles. The van der Waals surface area contributed by atoms with Gasteiger partial charge in [0.15, 0.2) is 0 Å². The number of sulfonamides is 1. The molecule has 0 unspecified atom stereocenters. The van der Waals surface area contributed by atoms with Gasteiger partial charge in [-0.25, -0.2) is 18.2 Å². The second-order valence-corrected chi connectivity index (χ2v) is 9.21. The van der Waals surface area contributed by atoms with Gasteiger partial charge in [-0.15, -0.1) is 0 Å². The fourth-order valence-electron chi connectivity index (χ4n) is 3.15. The van der Waals surface area contributed by atoms with Crippen LogP contribution < -0.4 is 10.5 Å². The van der Waals surface area contributed by atoms with E-state index in [1.54, 1.807) is 28.9 Å². The maximum absolute atomic E-state index is 12.3. The Morgan fingerprint density at radius 2 is 1.77 bits per heavy atom. The Morgan fingerprint density at radius 1 is 1.10 bits per heavy atom. The van der Waals surface area contributed by atoms with Gasteiger partial charge in [-0.2, -0.15) is 5.10 Å². The average molecular weight is 461 g/mol. The first kappa shape index (κ1) is 23.0. The number of benzene rings is 2. The summed E-state index contributed by atoms with van der Waals surface area (Å²) in [6, 6.07) is 15.2. The van der Waals surface area contributed by atoms with Crippen LogP contribution in [-0.4, -0.2) is 30.7 Å². The molecule has 2 aromatic carbocycles. The van der Waals surface area contributed by atoms with Gasteiger partial charge < -0.3 is 5.32 Å². The number of carbonyl (C=O) groups is 1. The van der Waals surface area contributed by atoms with Crippen molar-refractivity contribution in [3.63, 3.8) is 0 Å². The van der Waals surface area contributed by atoms with E-state index in [9.17, 15) is 13.2 Å². The number of hydrogen-bond acceptors (Lipinski definition) is 4. The predicted molar refractivity (Wildman–Crippen MR) is 122 cm³/mol. The predicted octanol–water partition coefficient (Wildman–Crippen LogP) is 3.69. The molecule has 0 radical (unpaired) electrons. The third kappa shape index (κ3) is 6.16. The van der Waals surface area contributed by atoms with E-state index in [4.69, 9.17) is 16.7 Å². The molecule has 1 aromatic heterocycles. The van der Waals surface area contributed by atoms with E-state index in [0.29, 0.717) is 22.9 Å². The number of amides is 1. The minimum atomic E-state index is -3.79. The summed E-state index contributed by atoms with van der Waals surface area (Å²) < 4.78 is 24.8. The highest BCUT2D eigenvalue weighted by Crippen LogP contribution is 2.26. The lowest BCUT2D eigenvalue weighted by Crippen LogP contribution is -2.26. The fraction of sp³-hybridized carbons (Fsp3) is 0.273. The highest BCUT2D eigenvalue weighted by Gasteiger charge is 2.15. The number of nitrogens with one attached hydrogen (secondary N) is 1. The number of carbonyl (C=O) groups excluding carboxylic acids is 1. The molecule has 164 valence electrons. The van der Waals surface area contributed by atoms with Crippen LogP contribution in [-0.2, 0) is 21.2 Å². The SMILES string of the molecule is CCCCCNC(=O)Cc1cc(-c2ccc(Cl)cc2)n(-c2ccc(S(N)(=O)=O)cc2)n1. The van der Waals surface area contributed by atoms with Gasteiger partial charge in [-0.3, -0.25) is 4.79 Å². The molecule has 31 heavy (non-hydrogen) atoms. The molecular weight excluding hydrogens is 436 g/mol. The van der Waals surface area contributed by atoms with Crippen molar-refractivity contribution in [2.45, 2.75) is 37.5 Å². The number of rotatable bonds is 9. The number of aromatic nitrogens is 2. The second kappa shape index (κ2) is 10.1. The third-order valence-corrected chi connectivity index (χ3v) is 5.94. The molecule has 0 saturated carbocycles. The molecule has 1 heterocycles. The zero-order valence-electron chi connectivity index (χ0n) is 17.2. The van der Waals surface area contributed by atoms with E-state index >= 15 is 0 Å². The number of primary sulfonamides is 1. The lowest BCUT2D eigenvalue weighted by Gasteiger charge is -2.08. The van der Waals surface area contributed by atoms with E-state index in [1.165, 1.54) is 12.1 Å². The summed E-state index contributed by atoms with van der Waals surface area (Å²) >= 11 is 6.02. The van der Waals surface area contributed by atoms with Gasteiger partial charge in [0, 0.05) is 17.1 Å². The van der Waals surface area contributed by atoms with Crippen LogP contribution in [0.25, 0.3) is 16.9 Å². The summed E-state index contributed by atoms with van der Waals surface area (Å²) in [5.41, 5.74) is 2.87. The van der Waals surface area contributed by atoms with E-state index in [-0.39, 0.29) is 17.2 Å². The number of nitrogens with zero attached hydrogens (tertiary/aromatic N) is 2. The number of nitrogens with two attached hydrogens (primary N) is 1. The number of halogens is 1. The van der Waals surface area contributed by atoms with Gasteiger partial charge in [0.05, 0.1) is 28.4 Å². The first-order valence-electron chi connectivity index (χ1n) is 10.0. The molecule has 9 heteroatoms. The quantitative estimate of drug-likeness (QED) is 0.475. The Morgan fingerprint density at radius 3 is 2.39 bits per heavy atom. The molecule has 3 rings (SSSR count). The van der Waals surface area contributed by atoms with Crippen molar-refractivity contribution in [2.75, 3.05) is 6.54 Å². The van der Waals surface area contributed by atoms with Gasteiger partial charge in [0.25, 0.3) is 0 Å². The summed E-state index contributed by atoms with van der Waals surface area (Å²) in [6.07, 6.45) is 3.26. The molecule has 0 spiro atoms. The van der Waals surface area contributed by atoms with Crippen molar-refractivity contribution < 1.29 is 13.2 Å². The van der Waals surface area contributed by atoms with Crippen LogP contribution in [0.15, 0.2) is 59.5 Å². The molecule has 0 fully saturated rings. The van der Waals surface area contributed by atoms with E-state index in [1.807, 2.05) is 18.2 Å². The summed E-state index contributed by atoms with van der Waals surface area (Å²) in [6.45, 7) is 2.76. The highest BCUT2D eigenvalue weighted by molar-refractivity contribution is 7.89.